The molecule has 1 rings (SSSR count). The molecule has 1 fully saturated rings. The van der Waals surface area contributed by atoms with E-state index in [0.717, 1.165) is 0 Å². The molecular weight excluding hydrogens is 126 g/mol. The zero-order valence-electron chi connectivity index (χ0n) is 6.55. The van der Waals surface area contributed by atoms with Crippen molar-refractivity contribution in [2.45, 2.75) is 32.1 Å². The van der Waals surface area contributed by atoms with Crippen molar-refractivity contribution in [3.63, 3.8) is 0 Å². The standard InChI is InChI=1S/C8H15NO/c1-10-9-7-8-5-3-2-4-6-8/h7-8H,2-6H2,1H3/b9-7+. The number of nitrogens with zero attached hydrogens (tertiary/aromatic N) is 1. The van der Waals surface area contributed by atoms with E-state index >= 15 is 0 Å². The van der Waals surface area contributed by atoms with Crippen LogP contribution >= 0.6 is 0 Å². The second-order valence-electron chi connectivity index (χ2n) is 2.84. The molecule has 0 atom stereocenters. The largest absolute Gasteiger partial charge is 0.399 e. The normalized spacial score (nSPS) is 21.7. The summed E-state index contributed by atoms with van der Waals surface area (Å²) < 4.78 is 0. The molecule has 0 amide bonds. The van der Waals surface area contributed by atoms with Crippen molar-refractivity contribution in [1.29, 1.82) is 0 Å². The highest BCUT2D eigenvalue weighted by atomic mass is 16.6. The smallest absolute Gasteiger partial charge is 0.106 e. The van der Waals surface area contributed by atoms with E-state index in [1.165, 1.54) is 32.1 Å². The Morgan fingerprint density at radius 2 is 2.00 bits per heavy atom. The first-order valence-electron chi connectivity index (χ1n) is 4.00. The molecule has 0 N–H and O–H groups in total. The van der Waals surface area contributed by atoms with E-state index in [-0.39, 0.29) is 0 Å². The summed E-state index contributed by atoms with van der Waals surface area (Å²) in [6.45, 7) is 0. The Hall–Kier alpha value is -0.530. The second kappa shape index (κ2) is 4.31. The Bertz CT molecular complexity index is 106. The zero-order valence-corrected chi connectivity index (χ0v) is 6.55. The van der Waals surface area contributed by atoms with Gasteiger partial charge in [-0.3, -0.25) is 0 Å². The number of hydrogen-bond donors (Lipinski definition) is 0. The van der Waals surface area contributed by atoms with Crippen LogP contribution in [-0.2, 0) is 4.84 Å². The van der Waals surface area contributed by atoms with Gasteiger partial charge >= 0.3 is 0 Å². The van der Waals surface area contributed by atoms with Crippen LogP contribution in [-0.4, -0.2) is 13.3 Å². The average Bonchev–Trinajstić information content (AvgIpc) is 2.03. The lowest BCUT2D eigenvalue weighted by Gasteiger charge is -2.16. The number of oxime groups is 1. The molecule has 2 heteroatoms. The van der Waals surface area contributed by atoms with Crippen molar-refractivity contribution in [2.75, 3.05) is 7.11 Å². The van der Waals surface area contributed by atoms with E-state index < -0.39 is 0 Å². The van der Waals surface area contributed by atoms with Crippen molar-refractivity contribution in [3.05, 3.63) is 0 Å². The van der Waals surface area contributed by atoms with Crippen molar-refractivity contribution >= 4 is 6.21 Å². The highest BCUT2D eigenvalue weighted by Crippen LogP contribution is 2.21. The Morgan fingerprint density at radius 1 is 1.30 bits per heavy atom. The van der Waals surface area contributed by atoms with Crippen LogP contribution in [0, 0.1) is 5.92 Å². The van der Waals surface area contributed by atoms with E-state index in [0.29, 0.717) is 5.92 Å². The maximum Gasteiger partial charge on any atom is 0.106 e. The summed E-state index contributed by atoms with van der Waals surface area (Å²) in [5.41, 5.74) is 0. The van der Waals surface area contributed by atoms with Gasteiger partial charge in [0.15, 0.2) is 0 Å². The number of rotatable bonds is 2. The molecular formula is C8H15NO. The van der Waals surface area contributed by atoms with Gasteiger partial charge in [0.1, 0.15) is 7.11 Å². The summed E-state index contributed by atoms with van der Waals surface area (Å²) in [6, 6.07) is 0. The molecule has 0 bridgehead atoms. The molecule has 0 aromatic rings. The third-order valence-corrected chi connectivity index (χ3v) is 2.03. The highest BCUT2D eigenvalue weighted by Gasteiger charge is 2.10. The van der Waals surface area contributed by atoms with Gasteiger partial charge in [0.2, 0.25) is 0 Å². The van der Waals surface area contributed by atoms with Gasteiger partial charge in [0.05, 0.1) is 0 Å². The van der Waals surface area contributed by atoms with Crippen molar-refractivity contribution in [2.24, 2.45) is 11.1 Å². The summed E-state index contributed by atoms with van der Waals surface area (Å²) in [7, 11) is 1.60. The van der Waals surface area contributed by atoms with Crippen molar-refractivity contribution in [3.8, 4) is 0 Å². The van der Waals surface area contributed by atoms with E-state index in [1.807, 2.05) is 6.21 Å². The molecule has 1 aliphatic rings. The van der Waals surface area contributed by atoms with Gasteiger partial charge in [0, 0.05) is 6.21 Å². The lowest BCUT2D eigenvalue weighted by molar-refractivity contribution is 0.212. The topological polar surface area (TPSA) is 21.6 Å². The van der Waals surface area contributed by atoms with Gasteiger partial charge in [-0.25, -0.2) is 0 Å². The van der Waals surface area contributed by atoms with Crippen molar-refractivity contribution < 1.29 is 4.84 Å². The maximum absolute atomic E-state index is 4.61. The van der Waals surface area contributed by atoms with Crippen LogP contribution in [0.4, 0.5) is 0 Å². The van der Waals surface area contributed by atoms with Crippen LogP contribution in [0.15, 0.2) is 5.16 Å². The lowest BCUT2D eigenvalue weighted by atomic mass is 9.90. The fraction of sp³-hybridized carbons (Fsp3) is 0.875. The lowest BCUT2D eigenvalue weighted by Crippen LogP contribution is -2.06. The molecule has 0 radical (unpaired) electrons. The predicted molar refractivity (Wildman–Crippen MR) is 42.1 cm³/mol. The quantitative estimate of drug-likeness (QED) is 0.426. The minimum Gasteiger partial charge on any atom is -0.399 e. The molecule has 0 spiro atoms. The maximum atomic E-state index is 4.61. The molecule has 0 aliphatic heterocycles. The van der Waals surface area contributed by atoms with Gasteiger partial charge in [-0.1, -0.05) is 24.4 Å². The highest BCUT2D eigenvalue weighted by molar-refractivity contribution is 5.59. The molecule has 0 heterocycles. The second-order valence-corrected chi connectivity index (χ2v) is 2.84. The third kappa shape index (κ3) is 2.38. The van der Waals surface area contributed by atoms with Gasteiger partial charge in [-0.15, -0.1) is 0 Å². The molecule has 2 nitrogen and oxygen atoms in total. The fourth-order valence-corrected chi connectivity index (χ4v) is 1.43. The van der Waals surface area contributed by atoms with Crippen molar-refractivity contribution in [1.82, 2.24) is 0 Å². The summed E-state index contributed by atoms with van der Waals surface area (Å²) in [6.07, 6.45) is 8.66. The molecule has 0 saturated heterocycles. The first-order valence-corrected chi connectivity index (χ1v) is 4.00. The Kier molecular flexibility index (Phi) is 3.27. The van der Waals surface area contributed by atoms with E-state index in [4.69, 9.17) is 0 Å². The van der Waals surface area contributed by atoms with E-state index in [1.54, 1.807) is 7.11 Å². The van der Waals surface area contributed by atoms with Crippen LogP contribution in [0.5, 0.6) is 0 Å². The van der Waals surface area contributed by atoms with Crippen LogP contribution in [0.25, 0.3) is 0 Å². The van der Waals surface area contributed by atoms with Gasteiger partial charge in [-0.2, -0.15) is 0 Å². The van der Waals surface area contributed by atoms with E-state index in [9.17, 15) is 0 Å². The molecule has 0 unspecified atom stereocenters. The van der Waals surface area contributed by atoms with Gasteiger partial charge in [0.25, 0.3) is 0 Å². The number of hydrogen-bond acceptors (Lipinski definition) is 2. The molecule has 0 aromatic heterocycles. The fourth-order valence-electron chi connectivity index (χ4n) is 1.43. The van der Waals surface area contributed by atoms with E-state index in [2.05, 4.69) is 9.99 Å². The third-order valence-electron chi connectivity index (χ3n) is 2.03. The Morgan fingerprint density at radius 3 is 2.60 bits per heavy atom. The van der Waals surface area contributed by atoms with Crippen LogP contribution < -0.4 is 0 Å². The molecule has 58 valence electrons. The molecule has 1 saturated carbocycles. The van der Waals surface area contributed by atoms with Crippen LogP contribution in [0.3, 0.4) is 0 Å². The first-order chi connectivity index (χ1) is 4.93. The minimum atomic E-state index is 0.689. The molecule has 1 aliphatic carbocycles. The summed E-state index contributed by atoms with van der Waals surface area (Å²) in [4.78, 5) is 4.61. The average molecular weight is 141 g/mol. The summed E-state index contributed by atoms with van der Waals surface area (Å²) >= 11 is 0. The molecule has 10 heavy (non-hydrogen) atoms. The first kappa shape index (κ1) is 7.58. The molecule has 0 aromatic carbocycles. The predicted octanol–water partition coefficient (Wildman–Crippen LogP) is 2.20. The summed E-state index contributed by atoms with van der Waals surface area (Å²) in [5.74, 6) is 0.689. The summed E-state index contributed by atoms with van der Waals surface area (Å²) in [5, 5.41) is 3.77. The van der Waals surface area contributed by atoms with Gasteiger partial charge in [-0.05, 0) is 18.8 Å². The zero-order chi connectivity index (χ0) is 7.23. The van der Waals surface area contributed by atoms with Crippen LogP contribution in [0.2, 0.25) is 0 Å². The minimum absolute atomic E-state index is 0.689. The Labute approximate surface area is 62.3 Å². The van der Waals surface area contributed by atoms with Crippen LogP contribution in [0.1, 0.15) is 32.1 Å². The van der Waals surface area contributed by atoms with Gasteiger partial charge < -0.3 is 4.84 Å². The SMILES string of the molecule is CO/N=C/C1CCCCC1. The monoisotopic (exact) mass is 141 g/mol. The Balaban J connectivity index is 2.19.